The molecule has 0 saturated heterocycles. The Hall–Kier alpha value is -1.60. The predicted octanol–water partition coefficient (Wildman–Crippen LogP) is 4.13. The van der Waals surface area contributed by atoms with Gasteiger partial charge in [0.1, 0.15) is 0 Å². The zero-order chi connectivity index (χ0) is 13.7. The molecule has 2 unspecified atom stereocenters. The van der Waals surface area contributed by atoms with Gasteiger partial charge in [0.2, 0.25) is 0 Å². The van der Waals surface area contributed by atoms with Gasteiger partial charge in [0.15, 0.2) is 0 Å². The molecule has 0 heterocycles. The lowest BCUT2D eigenvalue weighted by Crippen LogP contribution is -2.01. The highest BCUT2D eigenvalue weighted by molar-refractivity contribution is 5.28. The van der Waals surface area contributed by atoms with Gasteiger partial charge in [0, 0.05) is 12.5 Å². The van der Waals surface area contributed by atoms with Crippen molar-refractivity contribution in [3.63, 3.8) is 0 Å². The lowest BCUT2D eigenvalue weighted by molar-refractivity contribution is 0.273. The van der Waals surface area contributed by atoms with Gasteiger partial charge in [-0.15, -0.1) is 0 Å². The standard InChI is InChI=1S/C18H22O/c1-14(17-6-4-3-5-7-17)12-16-8-10-18(11-9-16)15(2)13-19/h3-11,14-15,19H,12-13H2,1-2H3. The second-order valence-corrected chi connectivity index (χ2v) is 5.34. The van der Waals surface area contributed by atoms with Crippen LogP contribution in [-0.2, 0) is 6.42 Å². The summed E-state index contributed by atoms with van der Waals surface area (Å²) in [4.78, 5) is 0. The van der Waals surface area contributed by atoms with E-state index in [-0.39, 0.29) is 12.5 Å². The first-order valence-corrected chi connectivity index (χ1v) is 6.95. The number of aliphatic hydroxyl groups is 1. The molecule has 2 rings (SSSR count). The van der Waals surface area contributed by atoms with Gasteiger partial charge in [-0.3, -0.25) is 0 Å². The van der Waals surface area contributed by atoms with Crippen molar-refractivity contribution in [1.82, 2.24) is 0 Å². The molecule has 2 aromatic rings. The Bertz CT molecular complexity index is 487. The number of rotatable bonds is 5. The van der Waals surface area contributed by atoms with E-state index >= 15 is 0 Å². The molecule has 0 bridgehead atoms. The van der Waals surface area contributed by atoms with Gasteiger partial charge in [-0.2, -0.15) is 0 Å². The van der Waals surface area contributed by atoms with Crippen molar-refractivity contribution in [3.05, 3.63) is 71.3 Å². The van der Waals surface area contributed by atoms with E-state index in [1.54, 1.807) is 0 Å². The second-order valence-electron chi connectivity index (χ2n) is 5.34. The Balaban J connectivity index is 2.04. The maximum Gasteiger partial charge on any atom is 0.0497 e. The maximum absolute atomic E-state index is 9.15. The molecule has 0 saturated carbocycles. The van der Waals surface area contributed by atoms with E-state index in [2.05, 4.69) is 61.5 Å². The van der Waals surface area contributed by atoms with Gasteiger partial charge >= 0.3 is 0 Å². The predicted molar refractivity (Wildman–Crippen MR) is 80.5 cm³/mol. The number of benzene rings is 2. The minimum absolute atomic E-state index is 0.208. The van der Waals surface area contributed by atoms with Crippen molar-refractivity contribution < 1.29 is 5.11 Å². The maximum atomic E-state index is 9.15. The molecule has 19 heavy (non-hydrogen) atoms. The highest BCUT2D eigenvalue weighted by Crippen LogP contribution is 2.21. The molecule has 2 aromatic carbocycles. The van der Waals surface area contributed by atoms with E-state index in [1.807, 2.05) is 6.92 Å². The third kappa shape index (κ3) is 3.68. The Kier molecular flexibility index (Phi) is 4.75. The monoisotopic (exact) mass is 254 g/mol. The van der Waals surface area contributed by atoms with Crippen LogP contribution in [0.2, 0.25) is 0 Å². The molecule has 1 nitrogen and oxygen atoms in total. The van der Waals surface area contributed by atoms with Crippen LogP contribution in [-0.4, -0.2) is 11.7 Å². The molecular weight excluding hydrogens is 232 g/mol. The molecule has 0 fully saturated rings. The second kappa shape index (κ2) is 6.53. The lowest BCUT2D eigenvalue weighted by Gasteiger charge is -2.13. The summed E-state index contributed by atoms with van der Waals surface area (Å²) in [6, 6.07) is 19.3. The quantitative estimate of drug-likeness (QED) is 0.850. The van der Waals surface area contributed by atoms with Gasteiger partial charge in [-0.05, 0) is 29.0 Å². The van der Waals surface area contributed by atoms with Crippen molar-refractivity contribution in [2.45, 2.75) is 32.1 Å². The summed E-state index contributed by atoms with van der Waals surface area (Å²) >= 11 is 0. The average molecular weight is 254 g/mol. The highest BCUT2D eigenvalue weighted by Gasteiger charge is 2.07. The summed E-state index contributed by atoms with van der Waals surface area (Å²) in [5.74, 6) is 0.753. The highest BCUT2D eigenvalue weighted by atomic mass is 16.3. The number of aliphatic hydroxyl groups excluding tert-OH is 1. The number of hydrogen-bond acceptors (Lipinski definition) is 1. The van der Waals surface area contributed by atoms with Crippen molar-refractivity contribution >= 4 is 0 Å². The van der Waals surface area contributed by atoms with E-state index in [4.69, 9.17) is 5.11 Å². The van der Waals surface area contributed by atoms with Crippen LogP contribution in [0.3, 0.4) is 0 Å². The topological polar surface area (TPSA) is 20.2 Å². The Morgan fingerprint density at radius 1 is 0.789 bits per heavy atom. The fourth-order valence-electron chi connectivity index (χ4n) is 2.34. The fourth-order valence-corrected chi connectivity index (χ4v) is 2.34. The van der Waals surface area contributed by atoms with E-state index in [0.29, 0.717) is 5.92 Å². The third-order valence-electron chi connectivity index (χ3n) is 3.73. The molecular formula is C18H22O. The van der Waals surface area contributed by atoms with E-state index in [1.165, 1.54) is 16.7 Å². The largest absolute Gasteiger partial charge is 0.396 e. The summed E-state index contributed by atoms with van der Waals surface area (Å²) in [7, 11) is 0. The zero-order valence-electron chi connectivity index (χ0n) is 11.7. The van der Waals surface area contributed by atoms with Crippen LogP contribution in [0.25, 0.3) is 0 Å². The molecule has 1 heteroatoms. The van der Waals surface area contributed by atoms with Crippen LogP contribution >= 0.6 is 0 Å². The Labute approximate surface area is 115 Å². The van der Waals surface area contributed by atoms with E-state index in [0.717, 1.165) is 6.42 Å². The molecule has 0 aliphatic heterocycles. The molecule has 0 amide bonds. The summed E-state index contributed by atoms with van der Waals surface area (Å²) < 4.78 is 0. The van der Waals surface area contributed by atoms with Crippen LogP contribution in [0.5, 0.6) is 0 Å². The molecule has 0 radical (unpaired) electrons. The van der Waals surface area contributed by atoms with Crippen molar-refractivity contribution in [3.8, 4) is 0 Å². The summed E-state index contributed by atoms with van der Waals surface area (Å²) in [6.45, 7) is 4.51. The minimum atomic E-state index is 0.208. The molecule has 0 aromatic heterocycles. The SMILES string of the molecule is CC(CO)c1ccc(CC(C)c2ccccc2)cc1. The van der Waals surface area contributed by atoms with Crippen molar-refractivity contribution in [2.75, 3.05) is 6.61 Å². The number of hydrogen-bond donors (Lipinski definition) is 1. The summed E-state index contributed by atoms with van der Waals surface area (Å²) in [5, 5.41) is 9.15. The summed E-state index contributed by atoms with van der Waals surface area (Å²) in [6.07, 6.45) is 1.05. The van der Waals surface area contributed by atoms with Crippen molar-refractivity contribution in [2.24, 2.45) is 0 Å². The first-order valence-electron chi connectivity index (χ1n) is 6.95. The van der Waals surface area contributed by atoms with Gasteiger partial charge in [-0.25, -0.2) is 0 Å². The van der Waals surface area contributed by atoms with Gasteiger partial charge in [0.05, 0.1) is 0 Å². The Morgan fingerprint density at radius 2 is 1.37 bits per heavy atom. The average Bonchev–Trinajstić information content (AvgIpc) is 2.48. The van der Waals surface area contributed by atoms with Crippen LogP contribution in [0, 0.1) is 0 Å². The first-order chi connectivity index (χ1) is 9.20. The summed E-state index contributed by atoms with van der Waals surface area (Å²) in [5.41, 5.74) is 3.94. The van der Waals surface area contributed by atoms with Gasteiger partial charge in [0.25, 0.3) is 0 Å². The van der Waals surface area contributed by atoms with Crippen LogP contribution in [0.4, 0.5) is 0 Å². The van der Waals surface area contributed by atoms with Gasteiger partial charge in [-0.1, -0.05) is 68.4 Å². The molecule has 2 atom stereocenters. The first kappa shape index (κ1) is 13.8. The molecule has 1 N–H and O–H groups in total. The van der Waals surface area contributed by atoms with Gasteiger partial charge < -0.3 is 5.11 Å². The minimum Gasteiger partial charge on any atom is -0.396 e. The van der Waals surface area contributed by atoms with Crippen LogP contribution in [0.1, 0.15) is 42.4 Å². The smallest absolute Gasteiger partial charge is 0.0497 e. The van der Waals surface area contributed by atoms with Crippen LogP contribution in [0.15, 0.2) is 54.6 Å². The molecule has 0 aliphatic carbocycles. The molecule has 0 aliphatic rings. The lowest BCUT2D eigenvalue weighted by atomic mass is 9.92. The van der Waals surface area contributed by atoms with Crippen LogP contribution < -0.4 is 0 Å². The van der Waals surface area contributed by atoms with E-state index < -0.39 is 0 Å². The van der Waals surface area contributed by atoms with Crippen molar-refractivity contribution in [1.29, 1.82) is 0 Å². The normalized spacial score (nSPS) is 14.1. The zero-order valence-corrected chi connectivity index (χ0v) is 11.7. The fraction of sp³-hybridized carbons (Fsp3) is 0.333. The Morgan fingerprint density at radius 3 is 1.95 bits per heavy atom. The van der Waals surface area contributed by atoms with E-state index in [9.17, 15) is 0 Å². The third-order valence-corrected chi connectivity index (χ3v) is 3.73. The molecule has 100 valence electrons. The molecule has 0 spiro atoms.